The number of sulfonamides is 1. The minimum absolute atomic E-state index is 0.127. The number of carboxylic acid groups (broad SMARTS) is 1. The third kappa shape index (κ3) is 3.75. The van der Waals surface area contributed by atoms with Gasteiger partial charge in [0.15, 0.2) is 0 Å². The van der Waals surface area contributed by atoms with Crippen LogP contribution in [0.25, 0.3) is 6.20 Å². The molecule has 0 fully saturated rings. The van der Waals surface area contributed by atoms with Crippen molar-refractivity contribution in [2.75, 3.05) is 19.5 Å². The van der Waals surface area contributed by atoms with E-state index in [1.54, 1.807) is 11.1 Å². The molecule has 19 heavy (non-hydrogen) atoms. The van der Waals surface area contributed by atoms with Crippen molar-refractivity contribution >= 4 is 33.5 Å². The Hall–Kier alpha value is -1.45. The number of nitrogens with one attached hydrogen (secondary N) is 1. The Morgan fingerprint density at radius 3 is 3.00 bits per heavy atom. The molecule has 1 aliphatic heterocycles. The van der Waals surface area contributed by atoms with Gasteiger partial charge in [0.05, 0.1) is 6.26 Å². The smallest absolute Gasteiger partial charge is 0.323 e. The van der Waals surface area contributed by atoms with E-state index in [2.05, 4.69) is 9.71 Å². The van der Waals surface area contributed by atoms with Gasteiger partial charge in [-0.3, -0.25) is 9.79 Å². The highest BCUT2D eigenvalue weighted by Gasteiger charge is 2.12. The highest BCUT2D eigenvalue weighted by molar-refractivity contribution is 7.88. The summed E-state index contributed by atoms with van der Waals surface area (Å²) in [5, 5.41) is 11.4. The van der Waals surface area contributed by atoms with Crippen LogP contribution < -0.4 is 14.6 Å². The third-order valence-corrected chi connectivity index (χ3v) is 4.10. The lowest BCUT2D eigenvalue weighted by atomic mass is 10.2. The normalized spacial score (nSPS) is 14.5. The lowest BCUT2D eigenvalue weighted by molar-refractivity contribution is -0.137. The average Bonchev–Trinajstić information content (AvgIpc) is 2.67. The SMILES string of the molecule is CS(=O)(=O)NCc1csc2c1=CN(CC(=O)O)CN=2. The molecular formula is C10H13N3O4S2. The molecule has 104 valence electrons. The molecule has 0 aliphatic carbocycles. The molecule has 0 saturated heterocycles. The lowest BCUT2D eigenvalue weighted by Crippen LogP contribution is -2.38. The summed E-state index contributed by atoms with van der Waals surface area (Å²) in [4.78, 5) is 16.5. The van der Waals surface area contributed by atoms with Crippen LogP contribution in [0.5, 0.6) is 0 Å². The summed E-state index contributed by atoms with van der Waals surface area (Å²) in [5.74, 6) is -0.930. The zero-order valence-corrected chi connectivity index (χ0v) is 11.8. The second-order valence-corrected chi connectivity index (χ2v) is 6.83. The number of carbonyl (C=O) groups is 1. The third-order valence-electron chi connectivity index (χ3n) is 2.46. The van der Waals surface area contributed by atoms with Crippen LogP contribution in [0.4, 0.5) is 0 Å². The molecule has 0 amide bonds. The zero-order valence-electron chi connectivity index (χ0n) is 10.2. The fraction of sp³-hybridized carbons (Fsp3) is 0.400. The number of aliphatic carboxylic acids is 1. The number of rotatable bonds is 5. The molecule has 1 aliphatic rings. The molecule has 0 atom stereocenters. The van der Waals surface area contributed by atoms with Crippen molar-refractivity contribution < 1.29 is 18.3 Å². The average molecular weight is 303 g/mol. The topological polar surface area (TPSA) is 99.1 Å². The molecule has 2 rings (SSSR count). The van der Waals surface area contributed by atoms with Gasteiger partial charge in [-0.05, 0) is 10.9 Å². The standard InChI is InChI=1S/C10H13N3O4S2/c1-19(16,17)12-2-7-5-18-10-8(7)3-13(6-11-10)4-9(14)15/h3,5,12H,2,4,6H2,1H3,(H,14,15). The maximum Gasteiger partial charge on any atom is 0.323 e. The van der Waals surface area contributed by atoms with Gasteiger partial charge in [-0.15, -0.1) is 11.3 Å². The maximum absolute atomic E-state index is 11.1. The van der Waals surface area contributed by atoms with Crippen molar-refractivity contribution in [2.24, 2.45) is 4.99 Å². The van der Waals surface area contributed by atoms with Crippen LogP contribution in [-0.4, -0.2) is 43.9 Å². The van der Waals surface area contributed by atoms with E-state index in [9.17, 15) is 13.2 Å². The Labute approximate surface area is 113 Å². The summed E-state index contributed by atoms with van der Waals surface area (Å²) < 4.78 is 25.4. The molecule has 2 heterocycles. The Morgan fingerprint density at radius 1 is 1.63 bits per heavy atom. The predicted octanol–water partition coefficient (Wildman–Crippen LogP) is -1.49. The lowest BCUT2D eigenvalue weighted by Gasteiger charge is -2.17. The second-order valence-electron chi connectivity index (χ2n) is 4.14. The molecule has 0 spiro atoms. The highest BCUT2D eigenvalue weighted by Crippen LogP contribution is 2.00. The number of nitrogens with zero attached hydrogens (tertiary/aromatic N) is 2. The first-order chi connectivity index (χ1) is 8.85. The molecule has 0 saturated carbocycles. The quantitative estimate of drug-likeness (QED) is 0.690. The number of hydrogen-bond donors (Lipinski definition) is 2. The van der Waals surface area contributed by atoms with Gasteiger partial charge in [0, 0.05) is 18.0 Å². The minimum Gasteiger partial charge on any atom is -0.480 e. The Bertz CT molecular complexity index is 708. The maximum atomic E-state index is 11.1. The van der Waals surface area contributed by atoms with Gasteiger partial charge in [-0.1, -0.05) is 0 Å². The fourth-order valence-electron chi connectivity index (χ4n) is 1.65. The zero-order chi connectivity index (χ0) is 14.0. The number of hydrogen-bond acceptors (Lipinski definition) is 6. The van der Waals surface area contributed by atoms with Gasteiger partial charge >= 0.3 is 5.97 Å². The molecule has 0 bridgehead atoms. The number of thiophene rings is 1. The van der Waals surface area contributed by atoms with Gasteiger partial charge in [0.1, 0.15) is 17.9 Å². The van der Waals surface area contributed by atoms with Crippen LogP contribution >= 0.6 is 11.3 Å². The summed E-state index contributed by atoms with van der Waals surface area (Å²) in [5.41, 5.74) is 0.796. The fourth-order valence-corrected chi connectivity index (χ4v) is 2.97. The highest BCUT2D eigenvalue weighted by atomic mass is 32.2. The monoisotopic (exact) mass is 303 g/mol. The van der Waals surface area contributed by atoms with Gasteiger partial charge in [-0.2, -0.15) is 0 Å². The molecule has 1 aromatic rings. The summed E-state index contributed by atoms with van der Waals surface area (Å²) in [7, 11) is -3.26. The van der Waals surface area contributed by atoms with Crippen molar-refractivity contribution in [1.82, 2.24) is 9.62 Å². The van der Waals surface area contributed by atoms with Crippen LogP contribution in [0.2, 0.25) is 0 Å². The van der Waals surface area contributed by atoms with E-state index >= 15 is 0 Å². The first-order valence-electron chi connectivity index (χ1n) is 5.38. The molecule has 2 N–H and O–H groups in total. The van der Waals surface area contributed by atoms with Gasteiger partial charge in [-0.25, -0.2) is 13.1 Å². The molecule has 0 unspecified atom stereocenters. The molecule has 0 radical (unpaired) electrons. The van der Waals surface area contributed by atoms with E-state index in [0.29, 0.717) is 6.67 Å². The first kappa shape index (κ1) is 14.0. The second kappa shape index (κ2) is 5.27. The summed E-state index contributed by atoms with van der Waals surface area (Å²) in [6, 6.07) is 0. The van der Waals surface area contributed by atoms with Crippen molar-refractivity contribution in [3.8, 4) is 0 Å². The Kier molecular flexibility index (Phi) is 3.88. The van der Waals surface area contributed by atoms with Gasteiger partial charge in [0.25, 0.3) is 0 Å². The van der Waals surface area contributed by atoms with E-state index < -0.39 is 16.0 Å². The predicted molar refractivity (Wildman–Crippen MR) is 70.5 cm³/mol. The number of carboxylic acids is 1. The minimum atomic E-state index is -3.26. The largest absolute Gasteiger partial charge is 0.480 e. The Morgan fingerprint density at radius 2 is 2.37 bits per heavy atom. The van der Waals surface area contributed by atoms with E-state index in [1.165, 1.54) is 11.3 Å². The van der Waals surface area contributed by atoms with Gasteiger partial charge < -0.3 is 10.0 Å². The molecule has 1 aromatic heterocycles. The molecule has 9 heteroatoms. The van der Waals surface area contributed by atoms with Crippen LogP contribution in [0.15, 0.2) is 10.4 Å². The molecular weight excluding hydrogens is 290 g/mol. The summed E-state index contributed by atoms with van der Waals surface area (Å²) in [6.07, 6.45) is 2.81. The number of fused-ring (bicyclic) bond motifs is 1. The van der Waals surface area contributed by atoms with Crippen molar-refractivity contribution in [3.05, 3.63) is 20.8 Å². The summed E-state index contributed by atoms with van der Waals surface area (Å²) in [6.45, 7) is 0.355. The summed E-state index contributed by atoms with van der Waals surface area (Å²) >= 11 is 1.42. The van der Waals surface area contributed by atoms with Crippen molar-refractivity contribution in [2.45, 2.75) is 6.54 Å². The van der Waals surface area contributed by atoms with Crippen LogP contribution in [-0.2, 0) is 21.4 Å². The van der Waals surface area contributed by atoms with Crippen molar-refractivity contribution in [1.29, 1.82) is 0 Å². The molecule has 7 nitrogen and oxygen atoms in total. The first-order valence-corrected chi connectivity index (χ1v) is 8.15. The Balaban J connectivity index is 2.26. The van der Waals surface area contributed by atoms with E-state index in [-0.39, 0.29) is 13.1 Å². The van der Waals surface area contributed by atoms with Crippen molar-refractivity contribution in [3.63, 3.8) is 0 Å². The van der Waals surface area contributed by atoms with Crippen LogP contribution in [0, 0.1) is 0 Å². The molecule has 0 aromatic carbocycles. The van der Waals surface area contributed by atoms with Gasteiger partial charge in [0.2, 0.25) is 10.0 Å². The van der Waals surface area contributed by atoms with Crippen LogP contribution in [0.3, 0.4) is 0 Å². The van der Waals surface area contributed by atoms with Crippen LogP contribution in [0.1, 0.15) is 5.56 Å². The van der Waals surface area contributed by atoms with E-state index in [1.807, 2.05) is 5.38 Å². The van der Waals surface area contributed by atoms with E-state index in [4.69, 9.17) is 5.11 Å². The van der Waals surface area contributed by atoms with E-state index in [0.717, 1.165) is 21.7 Å².